The zero-order valence-corrected chi connectivity index (χ0v) is 79.2. The van der Waals surface area contributed by atoms with E-state index in [-0.39, 0.29) is 134 Å². The second-order valence-electron chi connectivity index (χ2n) is 34.5. The number of rotatable bonds is 20. The fourth-order valence-electron chi connectivity index (χ4n) is 15.2. The van der Waals surface area contributed by atoms with E-state index in [2.05, 4.69) is 14.5 Å². The van der Waals surface area contributed by atoms with Crippen molar-refractivity contribution in [1.29, 1.82) is 0 Å². The Labute approximate surface area is 824 Å². The lowest BCUT2D eigenvalue weighted by Gasteiger charge is -2.30. The Hall–Kier alpha value is -16.0. The van der Waals surface area contributed by atoms with Gasteiger partial charge in [0.05, 0.1) is 30.5 Å². The fraction of sp³-hybridized carbons (Fsp3) is 0.469. The molecular formula is C98H112N8O38. The molecule has 0 spiro atoms. The number of hydrogen-bond donors (Lipinski definition) is 0. The van der Waals surface area contributed by atoms with Crippen molar-refractivity contribution in [3.8, 4) is 23.0 Å². The molecule has 8 atom stereocenters. The fourth-order valence-corrected chi connectivity index (χ4v) is 15.2. The van der Waals surface area contributed by atoms with E-state index in [1.165, 1.54) is 97.1 Å². The monoisotopic (exact) mass is 2010 g/mol. The van der Waals surface area contributed by atoms with E-state index in [9.17, 15) is 117 Å². The van der Waals surface area contributed by atoms with Crippen LogP contribution in [0.1, 0.15) is 245 Å². The molecule has 4 aromatic rings. The van der Waals surface area contributed by atoms with Crippen LogP contribution in [0.25, 0.3) is 0 Å². The number of non-ortho nitro benzene ring substituents is 4. The molecule has 0 N–H and O–H groups in total. The summed E-state index contributed by atoms with van der Waals surface area (Å²) in [4.78, 5) is 247. The van der Waals surface area contributed by atoms with Gasteiger partial charge in [0.1, 0.15) is 59.6 Å². The average Bonchev–Trinajstić information content (AvgIpc) is 1.76. The SMILES string of the molecule is C[C@@]1(C(=O)ON2C(=O)CCC2=O)CC/C=C/[C@H](OC(=O)ON2C(=O)CCC2=O)CC1.C[C@@]1(C(=O)Oc2ccc([N+](=O)[O-])cc2)CC/C=C/[C@H](OC(=O)Oc2ccc([N+](=O)[O-])cc2)CC1.O=C(O[C@@H]1/C=C/CCCCC1)ON1C(=O)CCC1=O.O=C(O[C@H]1/C=C/CCCCC1)ON1C(=O)CCC1=O.O=C(Oc1ccc([N+](=O)[O-])cc1)O[C@@H]1/C=C/CCCCC1.O=C(Oc1ccc([N+](=O)[O-])cc1)O[C@H]1/C=C/CCCCC1. The summed E-state index contributed by atoms with van der Waals surface area (Å²) in [6, 6.07) is 20.8. The molecule has 8 amide bonds. The Morgan fingerprint density at radius 3 is 0.708 bits per heavy atom. The second kappa shape index (κ2) is 57.1. The molecule has 0 aromatic heterocycles. The molecule has 10 aliphatic rings. The number of ether oxygens (including phenoxy) is 10. The van der Waals surface area contributed by atoms with Crippen molar-refractivity contribution >= 4 is 119 Å². The van der Waals surface area contributed by atoms with Crippen LogP contribution in [-0.4, -0.2) is 173 Å². The lowest BCUT2D eigenvalue weighted by molar-refractivity contribution is -0.385. The summed E-state index contributed by atoms with van der Waals surface area (Å²) in [5, 5.41) is 44.4. The molecule has 4 saturated heterocycles. The molecule has 4 fully saturated rings. The maximum absolute atomic E-state index is 12.9. The van der Waals surface area contributed by atoms with Gasteiger partial charge >= 0.3 is 48.9 Å². The Balaban J connectivity index is 0.000000195. The zero-order valence-electron chi connectivity index (χ0n) is 79.2. The van der Waals surface area contributed by atoms with Crippen LogP contribution in [0, 0.1) is 51.3 Å². The molecule has 14 rings (SSSR count). The quantitative estimate of drug-likeness (QED) is 0.0116. The minimum atomic E-state index is -1.20. The molecule has 0 unspecified atom stereocenters. The van der Waals surface area contributed by atoms with Crippen molar-refractivity contribution < 1.29 is 163 Å². The summed E-state index contributed by atoms with van der Waals surface area (Å²) in [5.41, 5.74) is -2.24. The first-order valence-electron chi connectivity index (χ1n) is 47.2. The van der Waals surface area contributed by atoms with Crippen molar-refractivity contribution in [2.75, 3.05) is 0 Å². The maximum Gasteiger partial charge on any atom is 0.534 e. The highest BCUT2D eigenvalue weighted by Gasteiger charge is 2.44. The van der Waals surface area contributed by atoms with E-state index in [0.29, 0.717) is 58.8 Å². The van der Waals surface area contributed by atoms with Crippen molar-refractivity contribution in [2.24, 2.45) is 10.8 Å². The van der Waals surface area contributed by atoms with Crippen molar-refractivity contribution in [3.63, 3.8) is 0 Å². The van der Waals surface area contributed by atoms with Gasteiger partial charge in [0.15, 0.2) is 0 Å². The number of amides is 8. The number of carbonyl (C=O) groups excluding carboxylic acids is 16. The average molecular weight is 2010 g/mol. The van der Waals surface area contributed by atoms with E-state index in [4.69, 9.17) is 52.2 Å². The summed E-state index contributed by atoms with van der Waals surface area (Å²) in [7, 11) is 0. The van der Waals surface area contributed by atoms with Crippen LogP contribution in [0.15, 0.2) is 170 Å². The molecule has 6 aliphatic carbocycles. The molecule has 772 valence electrons. The van der Waals surface area contributed by atoms with E-state index in [1.54, 1.807) is 38.2 Å². The predicted octanol–water partition coefficient (Wildman–Crippen LogP) is 18.6. The zero-order chi connectivity index (χ0) is 104. The van der Waals surface area contributed by atoms with Crippen molar-refractivity contribution in [2.45, 2.75) is 282 Å². The highest BCUT2D eigenvalue weighted by Crippen LogP contribution is 2.38. The second-order valence-corrected chi connectivity index (χ2v) is 34.5. The van der Waals surface area contributed by atoms with E-state index in [1.807, 2.05) is 48.6 Å². The van der Waals surface area contributed by atoms with Gasteiger partial charge < -0.3 is 52.2 Å². The van der Waals surface area contributed by atoms with Crippen LogP contribution >= 0.6 is 0 Å². The molecule has 46 heteroatoms. The predicted molar refractivity (Wildman–Crippen MR) is 496 cm³/mol. The van der Waals surface area contributed by atoms with Crippen LogP contribution in [0.2, 0.25) is 0 Å². The van der Waals surface area contributed by atoms with Crippen LogP contribution in [0.5, 0.6) is 23.0 Å². The first kappa shape index (κ1) is 112. The first-order chi connectivity index (χ1) is 69.0. The van der Waals surface area contributed by atoms with Crippen LogP contribution in [0.3, 0.4) is 0 Å². The third-order valence-corrected chi connectivity index (χ3v) is 23.4. The third-order valence-electron chi connectivity index (χ3n) is 23.4. The highest BCUT2D eigenvalue weighted by atomic mass is 16.8. The van der Waals surface area contributed by atoms with Crippen molar-refractivity contribution in [3.05, 3.63) is 210 Å². The number of esters is 1. The molecule has 4 heterocycles. The lowest BCUT2D eigenvalue weighted by Crippen LogP contribution is -2.40. The minimum Gasteiger partial charge on any atom is -0.426 e. The van der Waals surface area contributed by atoms with E-state index >= 15 is 0 Å². The van der Waals surface area contributed by atoms with Crippen LogP contribution in [0.4, 0.5) is 51.5 Å². The highest BCUT2D eigenvalue weighted by molar-refractivity contribution is 6.03. The number of hydroxylamine groups is 8. The number of carbonyl (C=O) groups is 16. The van der Waals surface area contributed by atoms with Gasteiger partial charge in [-0.2, -0.15) is 0 Å². The summed E-state index contributed by atoms with van der Waals surface area (Å²) >= 11 is 0. The Morgan fingerprint density at radius 1 is 0.257 bits per heavy atom. The molecule has 4 aromatic carbocycles. The summed E-state index contributed by atoms with van der Waals surface area (Å²) in [5.74, 6) is -4.82. The summed E-state index contributed by atoms with van der Waals surface area (Å²) in [6.07, 6.45) is 37.3. The number of allylic oxidation sites excluding steroid dienone is 6. The molecule has 0 saturated carbocycles. The van der Waals surface area contributed by atoms with Gasteiger partial charge in [0.2, 0.25) is 0 Å². The van der Waals surface area contributed by atoms with Gasteiger partial charge in [-0.1, -0.05) is 77.3 Å². The smallest absolute Gasteiger partial charge is 0.426 e. The molecule has 4 aliphatic heterocycles. The Bertz CT molecular complexity index is 5190. The van der Waals surface area contributed by atoms with Gasteiger partial charge in [-0.3, -0.25) is 98.1 Å². The third kappa shape index (κ3) is 37.9. The van der Waals surface area contributed by atoms with Crippen molar-refractivity contribution in [1.82, 2.24) is 20.3 Å². The van der Waals surface area contributed by atoms with Crippen LogP contribution < -0.4 is 18.9 Å². The Morgan fingerprint density at radius 2 is 0.465 bits per heavy atom. The number of benzene rings is 4. The normalized spacial score (nSPS) is 23.4. The van der Waals surface area contributed by atoms with Gasteiger partial charge in [-0.15, -0.1) is 5.06 Å². The van der Waals surface area contributed by atoms with E-state index in [0.717, 1.165) is 128 Å². The lowest BCUT2D eigenvalue weighted by atomic mass is 9.79. The first-order valence-corrected chi connectivity index (χ1v) is 47.2. The van der Waals surface area contributed by atoms with Gasteiger partial charge in [0.25, 0.3) is 70.0 Å². The number of nitrogens with zero attached hydrogens (tertiary/aromatic N) is 8. The number of nitro benzene ring substituents is 4. The van der Waals surface area contributed by atoms with Gasteiger partial charge in [0, 0.05) is 99.9 Å². The Kier molecular flexibility index (Phi) is 44.3. The van der Waals surface area contributed by atoms with Gasteiger partial charge in [-0.25, -0.2) is 33.6 Å². The standard InChI is InChI=1S/C23H22N2O9.C19H22N2O9.2C15H17NO5.2C13H17NO5/c1-23(21(26)32-19-9-5-16(6-10-19)24(28)29)14-3-2-4-18(13-15-23)33-22(27)34-20-11-7-17(8-12-20)25(30)31;1-19(17(26)29-20-13(22)5-6-14(20)23)10-3-2-4-12(9-11-19)28-18(27)30-21-15(24)7-8-16(21)25;2*17-15(20-13-6-4-2-1-3-5-7-13)21-14-10-8-12(9-11-14)16(18)19;2*15-11-8-9-12(16)14(11)19-13(17)18-10-6-4-2-1-3-5-7-10/h2,4-12,18H,3,13-15H2,1H3;2,4,12H,3,5-11H2,1H3;2*4,6,8-11,13H,1-3,5,7H2;2*4,6,10H,1-3,5,7-9H2/b2*4-2+;4*6-4+/t18-,23+;12-,19+;2*13-;2*10-/m001010/s1. The summed E-state index contributed by atoms with van der Waals surface area (Å²) in [6.45, 7) is 3.41. The van der Waals surface area contributed by atoms with Crippen LogP contribution in [-0.2, 0) is 95.7 Å². The number of hydrogen-bond acceptors (Lipinski definition) is 38. The topological polar surface area (TPSA) is 588 Å². The molecule has 46 nitrogen and oxygen atoms in total. The summed E-state index contributed by atoms with van der Waals surface area (Å²) < 4.78 is 51.7. The maximum atomic E-state index is 12.9. The van der Waals surface area contributed by atoms with E-state index < -0.39 is 139 Å². The number of imide groups is 4. The number of nitro groups is 4. The molecule has 144 heavy (non-hydrogen) atoms. The molecule has 0 radical (unpaired) electrons. The molecule has 0 bridgehead atoms. The largest absolute Gasteiger partial charge is 0.534 e. The van der Waals surface area contributed by atoms with Gasteiger partial charge in [-0.05, 0) is 253 Å². The minimum absolute atomic E-state index is 0.00557. The molecular weight excluding hydrogens is 1900 g/mol.